The van der Waals surface area contributed by atoms with E-state index < -0.39 is 5.92 Å². The van der Waals surface area contributed by atoms with Crippen LogP contribution in [-0.4, -0.2) is 68.8 Å². The molecule has 3 heterocycles. The van der Waals surface area contributed by atoms with Gasteiger partial charge in [-0.15, -0.1) is 0 Å². The molecule has 1 N–H and O–H groups in total. The van der Waals surface area contributed by atoms with Crippen LogP contribution in [0.25, 0.3) is 11.0 Å². The summed E-state index contributed by atoms with van der Waals surface area (Å²) < 4.78 is 7.37. The van der Waals surface area contributed by atoms with Crippen LogP contribution in [0, 0.1) is 5.92 Å². The maximum absolute atomic E-state index is 13.4. The number of methoxy groups -OCH3 is 1. The Morgan fingerprint density at radius 3 is 3.07 bits per heavy atom. The van der Waals surface area contributed by atoms with Crippen molar-refractivity contribution in [1.29, 1.82) is 0 Å². The predicted molar refractivity (Wildman–Crippen MR) is 111 cm³/mol. The zero-order chi connectivity index (χ0) is 21.5. The van der Waals surface area contributed by atoms with E-state index in [-0.39, 0.29) is 18.5 Å². The number of hydrogen-bond acceptors (Lipinski definition) is 6. The van der Waals surface area contributed by atoms with E-state index >= 15 is 0 Å². The fraction of sp³-hybridized carbons (Fsp3) is 0.619. The number of unbranched alkanes of at least 4 members (excludes halogenated alkanes) is 1. The van der Waals surface area contributed by atoms with E-state index in [1.54, 1.807) is 19.5 Å². The lowest BCUT2D eigenvalue weighted by Gasteiger charge is -2.30. The number of carbonyl (C=O) groups excluding carboxylic acids is 2. The molecule has 3 rings (SSSR count). The maximum atomic E-state index is 13.4. The molecule has 2 aromatic rings. The number of fused-ring (bicyclic) bond motifs is 1. The third-order valence-electron chi connectivity index (χ3n) is 5.72. The quantitative estimate of drug-likeness (QED) is 0.342. The van der Waals surface area contributed by atoms with Crippen molar-refractivity contribution in [3.8, 4) is 0 Å². The second-order valence-corrected chi connectivity index (χ2v) is 7.74. The molecule has 1 aliphatic rings. The molecular weight excluding hydrogens is 386 g/mol. The fourth-order valence-corrected chi connectivity index (χ4v) is 4.21. The summed E-state index contributed by atoms with van der Waals surface area (Å²) in [5.41, 5.74) is 1.77. The van der Waals surface area contributed by atoms with Gasteiger partial charge in [0.2, 0.25) is 12.3 Å². The first-order valence-electron chi connectivity index (χ1n) is 10.6. The second-order valence-electron chi connectivity index (χ2n) is 7.74. The van der Waals surface area contributed by atoms with Crippen molar-refractivity contribution in [2.24, 2.45) is 5.92 Å². The van der Waals surface area contributed by atoms with E-state index in [0.717, 1.165) is 42.5 Å². The van der Waals surface area contributed by atoms with E-state index in [0.29, 0.717) is 37.6 Å². The van der Waals surface area contributed by atoms with Crippen molar-refractivity contribution in [2.75, 3.05) is 26.8 Å². The van der Waals surface area contributed by atoms with Crippen molar-refractivity contribution in [3.05, 3.63) is 24.3 Å². The average molecular weight is 418 g/mol. The highest BCUT2D eigenvalue weighted by atomic mass is 16.5. The second kappa shape index (κ2) is 10.5. The molecule has 0 radical (unpaired) electrons. The van der Waals surface area contributed by atoms with E-state index in [4.69, 9.17) is 9.72 Å². The standard InChI is InChI=1S/C21H31N5O4/c1-3-4-6-16(14-24(29)15-27)21(28)26-10-5-7-18(26)20-23-17-8-9-22-13-19(17)25(20)11-12-30-2/h8-9,13,15-16,18,29H,3-7,10-12,14H2,1-2H3. The van der Waals surface area contributed by atoms with Crippen LogP contribution >= 0.6 is 0 Å². The number of hydrogen-bond donors (Lipinski definition) is 1. The van der Waals surface area contributed by atoms with Gasteiger partial charge in [0.1, 0.15) is 5.82 Å². The molecule has 9 heteroatoms. The Morgan fingerprint density at radius 1 is 1.50 bits per heavy atom. The average Bonchev–Trinajstić information content (AvgIpc) is 3.38. The number of ether oxygens (including phenoxy) is 1. The molecule has 2 atom stereocenters. The van der Waals surface area contributed by atoms with Gasteiger partial charge in [-0.05, 0) is 25.3 Å². The first-order valence-corrected chi connectivity index (χ1v) is 10.6. The van der Waals surface area contributed by atoms with Gasteiger partial charge in [0.15, 0.2) is 0 Å². The van der Waals surface area contributed by atoms with Gasteiger partial charge in [-0.1, -0.05) is 19.8 Å². The number of carbonyl (C=O) groups is 2. The molecule has 0 aromatic carbocycles. The van der Waals surface area contributed by atoms with Gasteiger partial charge in [-0.2, -0.15) is 0 Å². The van der Waals surface area contributed by atoms with Crippen LogP contribution in [0.3, 0.4) is 0 Å². The number of imidazole rings is 1. The molecule has 2 unspecified atom stereocenters. The molecule has 1 aliphatic heterocycles. The van der Waals surface area contributed by atoms with Crippen LogP contribution in [0.1, 0.15) is 50.9 Å². The highest BCUT2D eigenvalue weighted by molar-refractivity contribution is 5.80. The summed E-state index contributed by atoms with van der Waals surface area (Å²) in [6.45, 7) is 3.87. The molecular formula is C21H31N5O4. The van der Waals surface area contributed by atoms with Crippen molar-refractivity contribution >= 4 is 23.4 Å². The first-order chi connectivity index (χ1) is 14.6. The highest BCUT2D eigenvalue weighted by Gasteiger charge is 2.37. The smallest absolute Gasteiger partial charge is 0.233 e. The number of pyridine rings is 1. The highest BCUT2D eigenvalue weighted by Crippen LogP contribution is 2.35. The molecule has 0 bridgehead atoms. The van der Waals surface area contributed by atoms with Gasteiger partial charge in [0.25, 0.3) is 0 Å². The number of rotatable bonds is 11. The molecule has 30 heavy (non-hydrogen) atoms. The zero-order valence-electron chi connectivity index (χ0n) is 17.7. The maximum Gasteiger partial charge on any atom is 0.233 e. The van der Waals surface area contributed by atoms with E-state index in [1.807, 2.05) is 11.0 Å². The van der Waals surface area contributed by atoms with Crippen LogP contribution in [0.2, 0.25) is 0 Å². The third kappa shape index (κ3) is 4.79. The van der Waals surface area contributed by atoms with Gasteiger partial charge in [0.05, 0.1) is 42.3 Å². The van der Waals surface area contributed by atoms with Crippen molar-refractivity contribution < 1.29 is 19.5 Å². The van der Waals surface area contributed by atoms with Gasteiger partial charge < -0.3 is 14.2 Å². The molecule has 164 valence electrons. The SMILES string of the molecule is CCCCC(CN(O)C=O)C(=O)N1CCCC1c1nc2ccncc2n1CCOC. The van der Waals surface area contributed by atoms with Gasteiger partial charge in [0, 0.05) is 26.4 Å². The Hall–Kier alpha value is -2.52. The monoisotopic (exact) mass is 417 g/mol. The first kappa shape index (κ1) is 22.2. The number of hydroxylamine groups is 2. The molecule has 9 nitrogen and oxygen atoms in total. The zero-order valence-corrected chi connectivity index (χ0v) is 17.7. The summed E-state index contributed by atoms with van der Waals surface area (Å²) in [5, 5.41) is 10.3. The minimum absolute atomic E-state index is 0.00949. The lowest BCUT2D eigenvalue weighted by atomic mass is 9.99. The van der Waals surface area contributed by atoms with Crippen LogP contribution in [0.5, 0.6) is 0 Å². The van der Waals surface area contributed by atoms with E-state index in [9.17, 15) is 14.8 Å². The lowest BCUT2D eigenvalue weighted by molar-refractivity contribution is -0.157. The Labute approximate surface area is 176 Å². The molecule has 2 amide bonds. The summed E-state index contributed by atoms with van der Waals surface area (Å²) in [6, 6.07) is 1.73. The minimum atomic E-state index is -0.431. The molecule has 0 aliphatic carbocycles. The van der Waals surface area contributed by atoms with Gasteiger partial charge in [-0.3, -0.25) is 19.8 Å². The molecule has 1 fully saturated rings. The van der Waals surface area contributed by atoms with Crippen LogP contribution in [0.4, 0.5) is 0 Å². The summed E-state index contributed by atoms with van der Waals surface area (Å²) in [7, 11) is 1.66. The third-order valence-corrected chi connectivity index (χ3v) is 5.72. The number of amides is 2. The number of nitrogens with zero attached hydrogens (tertiary/aromatic N) is 5. The van der Waals surface area contributed by atoms with Gasteiger partial charge in [-0.25, -0.2) is 10.0 Å². The lowest BCUT2D eigenvalue weighted by Crippen LogP contribution is -2.41. The Bertz CT molecular complexity index is 855. The Kier molecular flexibility index (Phi) is 7.75. The topological polar surface area (TPSA) is 101 Å². The number of likely N-dealkylation sites (tertiary alicyclic amines) is 1. The largest absolute Gasteiger partial charge is 0.383 e. The predicted octanol–water partition coefficient (Wildman–Crippen LogP) is 2.40. The van der Waals surface area contributed by atoms with Crippen LogP contribution < -0.4 is 0 Å². The summed E-state index contributed by atoms with van der Waals surface area (Å²) >= 11 is 0. The normalized spacial score (nSPS) is 17.4. The Balaban J connectivity index is 1.90. The molecule has 0 spiro atoms. The number of aromatic nitrogens is 3. The van der Waals surface area contributed by atoms with Crippen molar-refractivity contribution in [3.63, 3.8) is 0 Å². The van der Waals surface area contributed by atoms with Crippen molar-refractivity contribution in [1.82, 2.24) is 24.5 Å². The van der Waals surface area contributed by atoms with Crippen molar-refractivity contribution in [2.45, 2.75) is 51.6 Å². The molecule has 1 saturated heterocycles. The summed E-state index contributed by atoms with van der Waals surface area (Å²) in [4.78, 5) is 35.3. The van der Waals surface area contributed by atoms with E-state index in [2.05, 4.69) is 16.5 Å². The molecule has 0 saturated carbocycles. The fourth-order valence-electron chi connectivity index (χ4n) is 4.21. The van der Waals surface area contributed by atoms with Gasteiger partial charge >= 0.3 is 0 Å². The summed E-state index contributed by atoms with van der Waals surface area (Å²) in [5.74, 6) is 0.376. The van der Waals surface area contributed by atoms with Crippen LogP contribution in [-0.2, 0) is 20.9 Å². The minimum Gasteiger partial charge on any atom is -0.383 e. The summed E-state index contributed by atoms with van der Waals surface area (Å²) in [6.07, 6.45) is 8.01. The van der Waals surface area contributed by atoms with Crippen LogP contribution in [0.15, 0.2) is 18.5 Å². The van der Waals surface area contributed by atoms with E-state index in [1.165, 1.54) is 0 Å². The molecule has 2 aromatic heterocycles. The Morgan fingerprint density at radius 2 is 2.33 bits per heavy atom.